The minimum absolute atomic E-state index is 0. The van der Waals surface area contributed by atoms with Crippen molar-refractivity contribution in [3.63, 3.8) is 0 Å². The average Bonchev–Trinajstić information content (AvgIpc) is 3.01. The Bertz CT molecular complexity index is 774. The summed E-state index contributed by atoms with van der Waals surface area (Å²) in [6, 6.07) is 2.63. The zero-order chi connectivity index (χ0) is 19.9. The van der Waals surface area contributed by atoms with E-state index < -0.39 is 17.6 Å². The first-order valence-corrected chi connectivity index (χ1v) is 8.65. The Balaban J connectivity index is 0.00000392. The van der Waals surface area contributed by atoms with E-state index in [0.29, 0.717) is 25.1 Å². The van der Waals surface area contributed by atoms with Crippen molar-refractivity contribution in [3.8, 4) is 0 Å². The number of aromatic nitrogens is 2. The molecule has 0 bridgehead atoms. The van der Waals surface area contributed by atoms with Gasteiger partial charge in [0.05, 0.1) is 18.3 Å². The maximum atomic E-state index is 13.2. The minimum atomic E-state index is -4.62. The van der Waals surface area contributed by atoms with Gasteiger partial charge in [0.15, 0.2) is 5.96 Å². The molecule has 0 unspecified atom stereocenters. The number of rotatable bonds is 7. The molecule has 5 nitrogen and oxygen atoms in total. The minimum Gasteiger partial charge on any atom is -0.357 e. The second-order valence-electron chi connectivity index (χ2n) is 6.05. The first-order chi connectivity index (χ1) is 12.8. The van der Waals surface area contributed by atoms with Crippen LogP contribution in [0.4, 0.5) is 17.6 Å². The molecular formula is C18H24F4IN5. The highest BCUT2D eigenvalue weighted by atomic mass is 127. The number of hydrogen-bond acceptors (Lipinski definition) is 2. The maximum Gasteiger partial charge on any atom is 0.416 e. The monoisotopic (exact) mass is 513 g/mol. The number of hydrogen-bond donors (Lipinski definition) is 2. The molecule has 2 aromatic rings. The summed E-state index contributed by atoms with van der Waals surface area (Å²) in [4.78, 5) is 4.19. The molecule has 0 fully saturated rings. The van der Waals surface area contributed by atoms with Crippen LogP contribution in [-0.4, -0.2) is 28.8 Å². The molecule has 0 aliphatic carbocycles. The van der Waals surface area contributed by atoms with E-state index in [9.17, 15) is 17.6 Å². The van der Waals surface area contributed by atoms with Gasteiger partial charge in [-0.2, -0.15) is 18.3 Å². The fraction of sp³-hybridized carbons (Fsp3) is 0.444. The maximum absolute atomic E-state index is 13.2. The van der Waals surface area contributed by atoms with Gasteiger partial charge in [0.2, 0.25) is 0 Å². The summed E-state index contributed by atoms with van der Waals surface area (Å²) in [5.41, 5.74) is 0.0394. The molecule has 0 aliphatic rings. The van der Waals surface area contributed by atoms with Gasteiger partial charge >= 0.3 is 6.18 Å². The normalized spacial score (nSPS) is 11.9. The van der Waals surface area contributed by atoms with Crippen LogP contribution in [0, 0.1) is 5.82 Å². The average molecular weight is 513 g/mol. The lowest BCUT2D eigenvalue weighted by atomic mass is 10.1. The van der Waals surface area contributed by atoms with Crippen LogP contribution in [0.2, 0.25) is 0 Å². The molecule has 0 atom stereocenters. The van der Waals surface area contributed by atoms with Gasteiger partial charge in [-0.15, -0.1) is 24.0 Å². The summed E-state index contributed by atoms with van der Waals surface area (Å²) < 4.78 is 54.1. The summed E-state index contributed by atoms with van der Waals surface area (Å²) in [5.74, 6) is -0.503. The zero-order valence-electron chi connectivity index (χ0n) is 15.7. The molecule has 1 aromatic heterocycles. The SMILES string of the molecule is CCNC(=NCc1ccc(F)cc1C(F)(F)F)NCCCc1cnn(C)c1.I. The Morgan fingerprint density at radius 1 is 1.25 bits per heavy atom. The van der Waals surface area contributed by atoms with E-state index in [0.717, 1.165) is 30.5 Å². The molecule has 0 aliphatic heterocycles. The molecule has 10 heteroatoms. The molecular weight excluding hydrogens is 489 g/mol. The zero-order valence-corrected chi connectivity index (χ0v) is 18.0. The lowest BCUT2D eigenvalue weighted by Crippen LogP contribution is -2.37. The second-order valence-corrected chi connectivity index (χ2v) is 6.05. The molecule has 156 valence electrons. The standard InChI is InChI=1S/C18H23F4N5.HI/c1-3-23-17(24-8-4-5-13-10-26-27(2)12-13)25-11-14-6-7-15(19)9-16(14)18(20,21)22;/h6-7,9-10,12H,3-5,8,11H2,1-2H3,(H2,23,24,25);1H. The molecule has 1 aromatic carbocycles. The van der Waals surface area contributed by atoms with Crippen LogP contribution in [0.3, 0.4) is 0 Å². The molecule has 0 saturated heterocycles. The molecule has 28 heavy (non-hydrogen) atoms. The fourth-order valence-electron chi connectivity index (χ4n) is 2.56. The van der Waals surface area contributed by atoms with Gasteiger partial charge < -0.3 is 10.6 Å². The van der Waals surface area contributed by atoms with Crippen molar-refractivity contribution in [2.24, 2.45) is 12.0 Å². The van der Waals surface area contributed by atoms with Crippen LogP contribution < -0.4 is 10.6 Å². The van der Waals surface area contributed by atoms with Gasteiger partial charge in [-0.25, -0.2) is 9.38 Å². The van der Waals surface area contributed by atoms with Gasteiger partial charge in [-0.1, -0.05) is 6.07 Å². The van der Waals surface area contributed by atoms with Crippen molar-refractivity contribution >= 4 is 29.9 Å². The smallest absolute Gasteiger partial charge is 0.357 e. The number of benzene rings is 1. The Kier molecular flexibility index (Phi) is 9.70. The first kappa shape index (κ1) is 24.2. The van der Waals surface area contributed by atoms with Crippen LogP contribution in [0.25, 0.3) is 0 Å². The van der Waals surface area contributed by atoms with E-state index in [1.165, 1.54) is 0 Å². The summed E-state index contributed by atoms with van der Waals surface area (Å²) in [7, 11) is 1.85. The Morgan fingerprint density at radius 2 is 2.00 bits per heavy atom. The third-order valence-electron chi connectivity index (χ3n) is 3.82. The molecule has 2 rings (SSSR count). The van der Waals surface area contributed by atoms with Crippen LogP contribution >= 0.6 is 24.0 Å². The third-order valence-corrected chi connectivity index (χ3v) is 3.82. The highest BCUT2D eigenvalue weighted by Gasteiger charge is 2.33. The van der Waals surface area contributed by atoms with Gasteiger partial charge in [-0.05, 0) is 43.0 Å². The fourth-order valence-corrected chi connectivity index (χ4v) is 2.56. The lowest BCUT2D eigenvalue weighted by molar-refractivity contribution is -0.138. The second kappa shape index (κ2) is 11.2. The van der Waals surface area contributed by atoms with Crippen LogP contribution in [0.5, 0.6) is 0 Å². The Morgan fingerprint density at radius 3 is 2.61 bits per heavy atom. The number of alkyl halides is 3. The third kappa shape index (κ3) is 7.64. The van der Waals surface area contributed by atoms with Crippen molar-refractivity contribution in [2.45, 2.75) is 32.5 Å². The highest BCUT2D eigenvalue weighted by molar-refractivity contribution is 14.0. The van der Waals surface area contributed by atoms with Crippen LogP contribution in [0.1, 0.15) is 30.0 Å². The van der Waals surface area contributed by atoms with E-state index in [1.54, 1.807) is 10.9 Å². The largest absolute Gasteiger partial charge is 0.416 e. The van der Waals surface area contributed by atoms with Crippen LogP contribution in [0.15, 0.2) is 35.6 Å². The summed E-state index contributed by atoms with van der Waals surface area (Å²) >= 11 is 0. The van der Waals surface area contributed by atoms with Gasteiger partial charge in [-0.3, -0.25) is 4.68 Å². The molecule has 0 saturated carbocycles. The summed E-state index contributed by atoms with van der Waals surface area (Å²) in [6.45, 7) is 2.85. The molecule has 2 N–H and O–H groups in total. The van der Waals surface area contributed by atoms with Gasteiger partial charge in [0.1, 0.15) is 5.82 Å². The van der Waals surface area contributed by atoms with E-state index in [1.807, 2.05) is 20.2 Å². The van der Waals surface area contributed by atoms with Gasteiger partial charge in [0.25, 0.3) is 0 Å². The van der Waals surface area contributed by atoms with Crippen LogP contribution in [-0.2, 0) is 26.2 Å². The van der Waals surface area contributed by atoms with Gasteiger partial charge in [0, 0.05) is 26.3 Å². The van der Waals surface area contributed by atoms with E-state index in [-0.39, 0.29) is 36.1 Å². The predicted molar refractivity (Wildman–Crippen MR) is 111 cm³/mol. The van der Waals surface area contributed by atoms with Crippen molar-refractivity contribution in [3.05, 3.63) is 53.1 Å². The summed E-state index contributed by atoms with van der Waals surface area (Å²) in [6.07, 6.45) is 0.762. The van der Waals surface area contributed by atoms with Crippen molar-refractivity contribution in [1.82, 2.24) is 20.4 Å². The topological polar surface area (TPSA) is 54.2 Å². The molecule has 0 amide bonds. The molecule has 0 spiro atoms. The number of nitrogens with zero attached hydrogens (tertiary/aromatic N) is 3. The van der Waals surface area contributed by atoms with E-state index in [2.05, 4.69) is 20.7 Å². The number of nitrogens with one attached hydrogen (secondary N) is 2. The lowest BCUT2D eigenvalue weighted by Gasteiger charge is -2.14. The molecule has 1 heterocycles. The number of aryl methyl sites for hydroxylation is 2. The number of aliphatic imine (C=N–C) groups is 1. The van der Waals surface area contributed by atoms with Crippen molar-refractivity contribution in [2.75, 3.05) is 13.1 Å². The summed E-state index contributed by atoms with van der Waals surface area (Å²) in [5, 5.41) is 10.2. The molecule has 0 radical (unpaired) electrons. The van der Waals surface area contributed by atoms with E-state index >= 15 is 0 Å². The number of guanidine groups is 1. The first-order valence-electron chi connectivity index (χ1n) is 8.65. The van der Waals surface area contributed by atoms with Crippen molar-refractivity contribution in [1.29, 1.82) is 0 Å². The highest BCUT2D eigenvalue weighted by Crippen LogP contribution is 2.32. The Labute approximate surface area is 178 Å². The predicted octanol–water partition coefficient (Wildman–Crippen LogP) is 3.88. The number of halogens is 5. The Hall–Kier alpha value is -1.85. The quantitative estimate of drug-likeness (QED) is 0.194. The van der Waals surface area contributed by atoms with E-state index in [4.69, 9.17) is 0 Å². The van der Waals surface area contributed by atoms with Crippen molar-refractivity contribution < 1.29 is 17.6 Å².